The highest BCUT2D eigenvalue weighted by molar-refractivity contribution is 5.85. The van der Waals surface area contributed by atoms with Crippen molar-refractivity contribution in [2.75, 3.05) is 20.3 Å². The zero-order valence-electron chi connectivity index (χ0n) is 36.5. The van der Waals surface area contributed by atoms with Crippen molar-refractivity contribution < 1.29 is 19.0 Å². The molecule has 0 aliphatic carbocycles. The predicted molar refractivity (Wildman–Crippen MR) is 256 cm³/mol. The van der Waals surface area contributed by atoms with Crippen molar-refractivity contribution in [2.45, 2.75) is 46.5 Å². The van der Waals surface area contributed by atoms with Crippen molar-refractivity contribution >= 4 is 11.5 Å². The zero-order chi connectivity index (χ0) is 44.1. The molecule has 0 aliphatic heterocycles. The Morgan fingerprint density at radius 1 is 0.698 bits per heavy atom. The number of imidazole rings is 2. The molecule has 0 unspecified atom stereocenters. The van der Waals surface area contributed by atoms with Crippen LogP contribution >= 0.6 is 0 Å². The number of nitrogens with one attached hydrogen (secondary N) is 2. The number of esters is 1. The van der Waals surface area contributed by atoms with Crippen molar-refractivity contribution in [3.05, 3.63) is 187 Å². The quantitative estimate of drug-likeness (QED) is 0.0364. The van der Waals surface area contributed by atoms with Gasteiger partial charge in [0.25, 0.3) is 0 Å². The molecule has 0 bridgehead atoms. The molecule has 7 aromatic rings. The van der Waals surface area contributed by atoms with Crippen LogP contribution in [0.15, 0.2) is 170 Å². The summed E-state index contributed by atoms with van der Waals surface area (Å²) in [4.78, 5) is 29.4. The monoisotopic (exact) mass is 834 g/mol. The summed E-state index contributed by atoms with van der Waals surface area (Å²) in [7, 11) is 1.67. The van der Waals surface area contributed by atoms with Crippen molar-refractivity contribution in [1.82, 2.24) is 19.9 Å². The molecule has 0 saturated heterocycles. The predicted octanol–water partition coefficient (Wildman–Crippen LogP) is 13.1. The van der Waals surface area contributed by atoms with Crippen LogP contribution in [0.4, 0.5) is 0 Å². The van der Waals surface area contributed by atoms with Gasteiger partial charge in [-0.1, -0.05) is 118 Å². The molecule has 8 heteroatoms. The van der Waals surface area contributed by atoms with E-state index in [2.05, 4.69) is 117 Å². The van der Waals surface area contributed by atoms with Crippen LogP contribution in [0.3, 0.4) is 0 Å². The third-order valence-corrected chi connectivity index (χ3v) is 11.0. The third-order valence-electron chi connectivity index (χ3n) is 11.0. The number of carbonyl (C=O) groups is 1. The van der Waals surface area contributed by atoms with Gasteiger partial charge in [0.05, 0.1) is 29.9 Å². The number of ether oxygens (including phenoxy) is 3. The van der Waals surface area contributed by atoms with Crippen molar-refractivity contribution in [1.29, 1.82) is 0 Å². The number of methoxy groups -OCH3 is 1. The number of hydrogen-bond acceptors (Lipinski definition) is 6. The van der Waals surface area contributed by atoms with Gasteiger partial charge in [0.2, 0.25) is 0 Å². The van der Waals surface area contributed by atoms with Crippen LogP contribution in [0, 0.1) is 0 Å². The Morgan fingerprint density at radius 2 is 1.32 bits per heavy atom. The minimum atomic E-state index is -0.475. The molecule has 0 spiro atoms. The van der Waals surface area contributed by atoms with E-state index < -0.39 is 5.97 Å². The topological polar surface area (TPSA) is 102 Å². The summed E-state index contributed by atoms with van der Waals surface area (Å²) in [5.74, 6) is 2.60. The molecule has 0 amide bonds. The molecule has 0 fully saturated rings. The Labute approximate surface area is 370 Å². The van der Waals surface area contributed by atoms with Crippen LogP contribution in [0.25, 0.3) is 62.0 Å². The molecule has 2 aromatic heterocycles. The fraction of sp³-hybridized carbons (Fsp3) is 0.182. The Bertz CT molecular complexity index is 2670. The van der Waals surface area contributed by atoms with Gasteiger partial charge in [-0.15, -0.1) is 0 Å². The summed E-state index contributed by atoms with van der Waals surface area (Å²) < 4.78 is 16.3. The number of hydrogen-bond donors (Lipinski definition) is 2. The van der Waals surface area contributed by atoms with Crippen LogP contribution in [-0.2, 0) is 22.4 Å². The van der Waals surface area contributed by atoms with E-state index in [-0.39, 0.29) is 13.2 Å². The highest BCUT2D eigenvalue weighted by Crippen LogP contribution is 2.37. The fourth-order valence-corrected chi connectivity index (χ4v) is 7.59. The van der Waals surface area contributed by atoms with Gasteiger partial charge in [0, 0.05) is 39.5 Å². The number of nitrogens with zero attached hydrogens (tertiary/aromatic N) is 2. The maximum atomic E-state index is 11.4. The molecule has 0 saturated carbocycles. The van der Waals surface area contributed by atoms with Crippen LogP contribution in [0.1, 0.15) is 50.6 Å². The molecule has 63 heavy (non-hydrogen) atoms. The van der Waals surface area contributed by atoms with E-state index in [4.69, 9.17) is 24.2 Å². The molecule has 8 nitrogen and oxygen atoms in total. The van der Waals surface area contributed by atoms with Gasteiger partial charge < -0.3 is 24.2 Å². The van der Waals surface area contributed by atoms with Gasteiger partial charge in [0.15, 0.2) is 0 Å². The smallest absolute Gasteiger partial charge is 0.330 e. The lowest BCUT2D eigenvalue weighted by atomic mass is 9.96. The van der Waals surface area contributed by atoms with Gasteiger partial charge in [-0.25, -0.2) is 14.8 Å². The molecule has 5 aromatic carbocycles. The number of carbonyl (C=O) groups excluding carboxylic acids is 1. The first-order valence-corrected chi connectivity index (χ1v) is 21.4. The maximum Gasteiger partial charge on any atom is 0.330 e. The fourth-order valence-electron chi connectivity index (χ4n) is 7.59. The number of H-pyrrole nitrogens is 2. The van der Waals surface area contributed by atoms with E-state index >= 15 is 0 Å². The number of benzene rings is 5. The summed E-state index contributed by atoms with van der Waals surface area (Å²) in [6, 6.07) is 43.3. The number of aryl methyl sites for hydroxylation is 2. The average molecular weight is 835 g/mol. The first-order valence-electron chi connectivity index (χ1n) is 21.4. The molecule has 2 N–H and O–H groups in total. The summed E-state index contributed by atoms with van der Waals surface area (Å²) >= 11 is 0. The second-order valence-corrected chi connectivity index (χ2v) is 15.2. The zero-order valence-corrected chi connectivity index (χ0v) is 36.5. The third kappa shape index (κ3) is 10.5. The van der Waals surface area contributed by atoms with E-state index in [0.717, 1.165) is 111 Å². The van der Waals surface area contributed by atoms with E-state index in [1.807, 2.05) is 66.7 Å². The standard InChI is InChI=1S/C55H54N4O4/c1-7-39(8-2)47(54-56-50(41-17-13-11-14-18-41)51(57-54)42-19-15-12-16-20-42)35-37(5)21-22-38-23-24-40(9-3)48(36-38)55-58-52(43-25-29-45(61-6)30-26-43)53(59-55)44-27-31-46(32-28-44)62-33-34-63-49(60)10-4/h7,10-20,23-32,35-36H,1,4,8-9,21-22,33-34H2,2-3,5-6H3,(H,56,57)(H,58,59)/b37-35+,47-39-. The highest BCUT2D eigenvalue weighted by atomic mass is 16.6. The lowest BCUT2D eigenvalue weighted by Gasteiger charge is -2.11. The molecule has 318 valence electrons. The van der Waals surface area contributed by atoms with Crippen molar-refractivity contribution in [2.24, 2.45) is 0 Å². The summed E-state index contributed by atoms with van der Waals surface area (Å²) in [5.41, 5.74) is 14.6. The van der Waals surface area contributed by atoms with E-state index in [1.54, 1.807) is 7.11 Å². The van der Waals surface area contributed by atoms with Crippen LogP contribution in [0.2, 0.25) is 0 Å². The number of aromatic nitrogens is 4. The Balaban J connectivity index is 1.18. The van der Waals surface area contributed by atoms with Crippen LogP contribution in [0.5, 0.6) is 11.5 Å². The summed E-state index contributed by atoms with van der Waals surface area (Å²) in [6.07, 6.45) is 8.74. The minimum Gasteiger partial charge on any atom is -0.497 e. The molecular weight excluding hydrogens is 781 g/mol. The summed E-state index contributed by atoms with van der Waals surface area (Å²) in [5, 5.41) is 0. The van der Waals surface area contributed by atoms with Gasteiger partial charge in [0.1, 0.15) is 36.4 Å². The Morgan fingerprint density at radius 3 is 1.97 bits per heavy atom. The highest BCUT2D eigenvalue weighted by Gasteiger charge is 2.20. The van der Waals surface area contributed by atoms with Gasteiger partial charge in [-0.3, -0.25) is 0 Å². The first-order chi connectivity index (χ1) is 30.8. The molecular formula is C55H54N4O4. The lowest BCUT2D eigenvalue weighted by Crippen LogP contribution is -2.10. The van der Waals surface area contributed by atoms with Crippen molar-refractivity contribution in [3.8, 4) is 67.9 Å². The van der Waals surface area contributed by atoms with E-state index in [9.17, 15) is 4.79 Å². The van der Waals surface area contributed by atoms with Gasteiger partial charge >= 0.3 is 5.97 Å². The maximum absolute atomic E-state index is 11.4. The Kier molecular flexibility index (Phi) is 14.5. The second kappa shape index (κ2) is 20.9. The number of aromatic amines is 2. The van der Waals surface area contributed by atoms with E-state index in [0.29, 0.717) is 5.75 Å². The summed E-state index contributed by atoms with van der Waals surface area (Å²) in [6.45, 7) is 14.5. The molecule has 0 radical (unpaired) electrons. The van der Waals surface area contributed by atoms with Gasteiger partial charge in [-0.2, -0.15) is 0 Å². The second-order valence-electron chi connectivity index (χ2n) is 15.2. The average Bonchev–Trinajstić information content (AvgIpc) is 3.99. The molecule has 0 atom stereocenters. The van der Waals surface area contributed by atoms with Gasteiger partial charge in [-0.05, 0) is 104 Å². The molecule has 7 rings (SSSR count). The minimum absolute atomic E-state index is 0.136. The van der Waals surface area contributed by atoms with Crippen LogP contribution in [-0.4, -0.2) is 46.2 Å². The number of allylic oxidation sites excluding steroid dienone is 5. The molecule has 0 aliphatic rings. The lowest BCUT2D eigenvalue weighted by molar-refractivity contribution is -0.138. The SMILES string of the molecule is C=CC(=O)OCCOc1ccc(-c2[nH]c(-c3cc(CC/C(C)=C/C(=C(\C=C)CC)c4nc(-c5ccccc5)c(-c5ccccc5)[nH]4)ccc3CC)nc2-c2ccc(OC)cc2)cc1. The van der Waals surface area contributed by atoms with Crippen LogP contribution < -0.4 is 9.47 Å². The van der Waals surface area contributed by atoms with E-state index in [1.165, 1.54) is 16.7 Å². The number of rotatable bonds is 19. The Hall–Kier alpha value is -7.45. The normalized spacial score (nSPS) is 11.8. The first kappa shape index (κ1) is 43.6. The van der Waals surface area contributed by atoms with Crippen molar-refractivity contribution in [3.63, 3.8) is 0 Å². The largest absolute Gasteiger partial charge is 0.497 e. The molecule has 2 heterocycles.